The van der Waals surface area contributed by atoms with E-state index in [0.29, 0.717) is 25.7 Å². The average molecular weight is 1410 g/mol. The SMILES string of the molecule is CCCCCCCCCCCCCC(=O)OC[C@H](COP(=O)(O)OC[C@H](O)COP(=O)(O)OC[C@@H](COC(=O)CCCCCCCCCCCC(C)C)OC(=O)CCCCCCCCCCCCCCCCCCCCC(C)CC)OC(=O)CCCCCCCCCCC(C)C. The molecule has 3 unspecified atom stereocenters. The van der Waals surface area contributed by atoms with Crippen LogP contribution in [0.3, 0.4) is 0 Å². The molecule has 0 aliphatic rings. The third kappa shape index (κ3) is 69.2. The minimum absolute atomic E-state index is 0.105. The number of phosphoric acid groups is 2. The Balaban J connectivity index is 5.18. The molecule has 570 valence electrons. The van der Waals surface area contributed by atoms with Crippen LogP contribution in [-0.2, 0) is 65.4 Å². The number of carbonyl (C=O) groups excluding carboxylic acids is 4. The summed E-state index contributed by atoms with van der Waals surface area (Å²) in [6, 6.07) is 0. The van der Waals surface area contributed by atoms with Crippen LogP contribution in [0.5, 0.6) is 0 Å². The van der Waals surface area contributed by atoms with E-state index in [9.17, 15) is 43.2 Å². The van der Waals surface area contributed by atoms with Gasteiger partial charge >= 0.3 is 39.5 Å². The molecular weight excluding hydrogens is 1260 g/mol. The second-order valence-corrected chi connectivity index (χ2v) is 31.8. The summed E-state index contributed by atoms with van der Waals surface area (Å²) in [6.45, 7) is 11.9. The van der Waals surface area contributed by atoms with Gasteiger partial charge in [0.05, 0.1) is 26.4 Å². The summed E-state index contributed by atoms with van der Waals surface area (Å²) in [5.41, 5.74) is 0. The second kappa shape index (κ2) is 67.5. The number of phosphoric ester groups is 2. The van der Waals surface area contributed by atoms with E-state index in [1.165, 1.54) is 205 Å². The van der Waals surface area contributed by atoms with E-state index >= 15 is 0 Å². The third-order valence-electron chi connectivity index (χ3n) is 18.2. The number of esters is 4. The van der Waals surface area contributed by atoms with Crippen LogP contribution in [-0.4, -0.2) is 96.7 Å². The molecule has 0 aromatic heterocycles. The van der Waals surface area contributed by atoms with Crippen molar-refractivity contribution in [3.05, 3.63) is 0 Å². The summed E-state index contributed by atoms with van der Waals surface area (Å²) in [7, 11) is -9.91. The first kappa shape index (κ1) is 94.1. The molecule has 0 saturated heterocycles. The van der Waals surface area contributed by atoms with Crippen molar-refractivity contribution in [1.29, 1.82) is 0 Å². The van der Waals surface area contributed by atoms with Crippen LogP contribution in [0.15, 0.2) is 0 Å². The Bertz CT molecular complexity index is 1870. The number of rotatable bonds is 75. The van der Waals surface area contributed by atoms with Crippen LogP contribution in [0.1, 0.15) is 395 Å². The number of carbonyl (C=O) groups is 4. The number of unbranched alkanes of at least 4 members (excludes halogenated alkanes) is 42. The van der Waals surface area contributed by atoms with Crippen LogP contribution in [0.25, 0.3) is 0 Å². The van der Waals surface area contributed by atoms with Gasteiger partial charge in [-0.3, -0.25) is 37.3 Å². The third-order valence-corrected chi connectivity index (χ3v) is 20.1. The van der Waals surface area contributed by atoms with Gasteiger partial charge in [0.2, 0.25) is 0 Å². The number of hydrogen-bond acceptors (Lipinski definition) is 15. The normalized spacial score (nSPS) is 14.3. The number of aliphatic hydroxyl groups is 1. The quantitative estimate of drug-likeness (QED) is 0.0222. The van der Waals surface area contributed by atoms with E-state index in [0.717, 1.165) is 108 Å². The van der Waals surface area contributed by atoms with Crippen molar-refractivity contribution in [1.82, 2.24) is 0 Å². The molecule has 0 bridgehead atoms. The highest BCUT2D eigenvalue weighted by atomic mass is 31.2. The molecule has 0 spiro atoms. The number of aliphatic hydroxyl groups excluding tert-OH is 1. The lowest BCUT2D eigenvalue weighted by molar-refractivity contribution is -0.161. The first-order valence-electron chi connectivity index (χ1n) is 39.9. The molecule has 96 heavy (non-hydrogen) atoms. The Morgan fingerprint density at radius 2 is 0.531 bits per heavy atom. The summed E-state index contributed by atoms with van der Waals surface area (Å²) in [4.78, 5) is 72.8. The highest BCUT2D eigenvalue weighted by Crippen LogP contribution is 2.45. The van der Waals surface area contributed by atoms with Crippen LogP contribution >= 0.6 is 15.6 Å². The molecule has 0 aliphatic heterocycles. The fourth-order valence-electron chi connectivity index (χ4n) is 11.7. The fourth-order valence-corrected chi connectivity index (χ4v) is 13.3. The molecule has 0 aliphatic carbocycles. The topological polar surface area (TPSA) is 237 Å². The zero-order valence-corrected chi connectivity index (χ0v) is 64.6. The van der Waals surface area contributed by atoms with Gasteiger partial charge in [-0.25, -0.2) is 9.13 Å². The molecule has 19 heteroatoms. The highest BCUT2D eigenvalue weighted by Gasteiger charge is 2.30. The van der Waals surface area contributed by atoms with E-state index in [2.05, 4.69) is 48.5 Å². The fraction of sp³-hybridized carbons (Fsp3) is 0.948. The smallest absolute Gasteiger partial charge is 0.462 e. The van der Waals surface area contributed by atoms with Crippen molar-refractivity contribution < 1.29 is 80.2 Å². The van der Waals surface area contributed by atoms with Gasteiger partial charge in [-0.2, -0.15) is 0 Å². The van der Waals surface area contributed by atoms with Crippen molar-refractivity contribution in [2.45, 2.75) is 414 Å². The zero-order chi connectivity index (χ0) is 70.9. The molecular formula is C77H150O17P2. The summed E-state index contributed by atoms with van der Waals surface area (Å²) >= 11 is 0. The maximum atomic E-state index is 13.1. The first-order valence-corrected chi connectivity index (χ1v) is 42.9. The average Bonchev–Trinajstić information content (AvgIpc) is 1.53. The minimum atomic E-state index is -4.96. The van der Waals surface area contributed by atoms with Gasteiger partial charge in [0.15, 0.2) is 12.2 Å². The minimum Gasteiger partial charge on any atom is -0.462 e. The predicted octanol–water partition coefficient (Wildman–Crippen LogP) is 22.6. The van der Waals surface area contributed by atoms with Gasteiger partial charge in [-0.1, -0.05) is 344 Å². The van der Waals surface area contributed by atoms with Gasteiger partial charge in [0.1, 0.15) is 19.3 Å². The van der Waals surface area contributed by atoms with E-state index in [1.54, 1.807) is 0 Å². The molecule has 0 aromatic rings. The summed E-state index contributed by atoms with van der Waals surface area (Å²) < 4.78 is 68.5. The Morgan fingerprint density at radius 1 is 0.302 bits per heavy atom. The molecule has 0 saturated carbocycles. The van der Waals surface area contributed by atoms with Crippen LogP contribution in [0, 0.1) is 17.8 Å². The maximum Gasteiger partial charge on any atom is 0.472 e. The van der Waals surface area contributed by atoms with E-state index in [-0.39, 0.29) is 25.7 Å². The lowest BCUT2D eigenvalue weighted by atomic mass is 9.99. The van der Waals surface area contributed by atoms with Crippen LogP contribution in [0.4, 0.5) is 0 Å². The van der Waals surface area contributed by atoms with Crippen molar-refractivity contribution >= 4 is 39.5 Å². The molecule has 0 fully saturated rings. The Kier molecular flexibility index (Phi) is 66.2. The molecule has 3 N–H and O–H groups in total. The molecule has 6 atom stereocenters. The standard InChI is InChI=1S/C77H150O17P2/c1-8-10-11-12-13-14-23-29-37-44-51-58-74(79)87-65-73(94-77(82)61-54-47-40-33-32-35-42-49-56-69(5)6)67-92-96(85,86)90-63-71(78)62-89-95(83,84)91-66-72(64-88-75(80)59-52-45-38-31-26-27-34-41-48-55-68(3)4)93-76(81)60-53-46-39-30-25-22-20-18-16-15-17-19-21-24-28-36-43-50-57-70(7)9-2/h68-73,78H,8-67H2,1-7H3,(H,83,84)(H,85,86)/t70?,71-,72-,73-/m1/s1. The molecule has 0 radical (unpaired) electrons. The van der Waals surface area contributed by atoms with E-state index < -0.39 is 97.5 Å². The van der Waals surface area contributed by atoms with E-state index in [4.69, 9.17) is 37.0 Å². The van der Waals surface area contributed by atoms with Crippen molar-refractivity contribution in [2.75, 3.05) is 39.6 Å². The second-order valence-electron chi connectivity index (χ2n) is 28.9. The number of ether oxygens (including phenoxy) is 4. The van der Waals surface area contributed by atoms with Crippen molar-refractivity contribution in [3.63, 3.8) is 0 Å². The van der Waals surface area contributed by atoms with Gasteiger partial charge in [-0.15, -0.1) is 0 Å². The van der Waals surface area contributed by atoms with Crippen molar-refractivity contribution in [2.24, 2.45) is 17.8 Å². The number of hydrogen-bond donors (Lipinski definition) is 3. The summed E-state index contributed by atoms with van der Waals surface area (Å²) in [6.07, 6.45) is 54.2. The van der Waals surface area contributed by atoms with Crippen LogP contribution < -0.4 is 0 Å². The molecule has 0 aromatic carbocycles. The van der Waals surface area contributed by atoms with Gasteiger partial charge in [0.25, 0.3) is 0 Å². The molecule has 17 nitrogen and oxygen atoms in total. The Hall–Kier alpha value is -1.94. The van der Waals surface area contributed by atoms with Gasteiger partial charge < -0.3 is 33.8 Å². The zero-order valence-electron chi connectivity index (χ0n) is 62.8. The maximum absolute atomic E-state index is 13.1. The van der Waals surface area contributed by atoms with E-state index in [1.807, 2.05) is 0 Å². The monoisotopic (exact) mass is 1410 g/mol. The lowest BCUT2D eigenvalue weighted by Gasteiger charge is -2.21. The molecule has 0 amide bonds. The molecule has 0 rings (SSSR count). The Labute approximate surface area is 588 Å². The van der Waals surface area contributed by atoms with Gasteiger partial charge in [-0.05, 0) is 43.4 Å². The first-order chi connectivity index (χ1) is 46.3. The summed E-state index contributed by atoms with van der Waals surface area (Å²) in [5.74, 6) is 0.214. The van der Waals surface area contributed by atoms with Gasteiger partial charge in [0, 0.05) is 25.7 Å². The lowest BCUT2D eigenvalue weighted by Crippen LogP contribution is -2.30. The highest BCUT2D eigenvalue weighted by molar-refractivity contribution is 7.47. The predicted molar refractivity (Wildman–Crippen MR) is 391 cm³/mol. The molecule has 0 heterocycles. The Morgan fingerprint density at radius 3 is 0.792 bits per heavy atom. The summed E-state index contributed by atoms with van der Waals surface area (Å²) in [5, 5.41) is 10.6. The van der Waals surface area contributed by atoms with Crippen LogP contribution in [0.2, 0.25) is 0 Å². The van der Waals surface area contributed by atoms with Crippen molar-refractivity contribution in [3.8, 4) is 0 Å². The largest absolute Gasteiger partial charge is 0.472 e.